The van der Waals surface area contributed by atoms with E-state index in [-0.39, 0.29) is 18.9 Å². The summed E-state index contributed by atoms with van der Waals surface area (Å²) < 4.78 is 0. The Morgan fingerprint density at radius 2 is 1.56 bits per heavy atom. The third-order valence-corrected chi connectivity index (χ3v) is 1.08. The van der Waals surface area contributed by atoms with Crippen LogP contribution in [0.5, 0.6) is 0 Å². The van der Waals surface area contributed by atoms with Gasteiger partial charge in [-0.15, -0.1) is 0 Å². The van der Waals surface area contributed by atoms with Gasteiger partial charge in [-0.2, -0.15) is 12.3 Å². The van der Waals surface area contributed by atoms with Crippen LogP contribution in [-0.4, -0.2) is 0 Å². The summed E-state index contributed by atoms with van der Waals surface area (Å²) in [7, 11) is 0. The minimum atomic E-state index is 0. The summed E-state index contributed by atoms with van der Waals surface area (Å²) in [6.07, 6.45) is 3.63. The fourth-order valence-electron chi connectivity index (χ4n) is 0.544. The van der Waals surface area contributed by atoms with Crippen LogP contribution in [0.4, 0.5) is 0 Å². The average molecular weight is 120 g/mol. The Bertz CT molecular complexity index is 40.5. The Balaban J connectivity index is 0. The van der Waals surface area contributed by atoms with Gasteiger partial charge in [-0.1, -0.05) is 33.6 Å². The molecule has 0 radical (unpaired) electrons. The van der Waals surface area contributed by atoms with E-state index in [2.05, 4.69) is 34.1 Å². The summed E-state index contributed by atoms with van der Waals surface area (Å²) in [6, 6.07) is 0. The van der Waals surface area contributed by atoms with Crippen LogP contribution in [0.25, 0.3) is 0 Å². The standard InChI is InChI=1S/C8H17.Li/c1-7(2)5-6-8(3)4;/h5,7-8H,6H2,1-4H3;/q-1;+1. The molecule has 0 amide bonds. The van der Waals surface area contributed by atoms with Crippen molar-refractivity contribution >= 4 is 0 Å². The van der Waals surface area contributed by atoms with E-state index in [1.807, 2.05) is 0 Å². The van der Waals surface area contributed by atoms with Crippen LogP contribution in [0, 0.1) is 18.3 Å². The first-order valence-electron chi connectivity index (χ1n) is 3.46. The molecule has 0 spiro atoms. The van der Waals surface area contributed by atoms with Crippen LogP contribution in [0.1, 0.15) is 34.1 Å². The summed E-state index contributed by atoms with van der Waals surface area (Å²) in [6.45, 7) is 8.95. The molecule has 0 aromatic rings. The van der Waals surface area contributed by atoms with E-state index in [1.165, 1.54) is 6.42 Å². The van der Waals surface area contributed by atoms with Crippen molar-refractivity contribution in [3.05, 3.63) is 6.42 Å². The van der Waals surface area contributed by atoms with E-state index in [0.29, 0.717) is 0 Å². The Labute approximate surface area is 71.6 Å². The molecule has 0 rings (SSSR count). The maximum atomic E-state index is 2.37. The minimum Gasteiger partial charge on any atom is -0.326 e. The van der Waals surface area contributed by atoms with E-state index >= 15 is 0 Å². The summed E-state index contributed by atoms with van der Waals surface area (Å²) in [4.78, 5) is 0. The molecule has 0 saturated carbocycles. The van der Waals surface area contributed by atoms with Crippen molar-refractivity contribution in [2.75, 3.05) is 0 Å². The molecule has 0 aliphatic heterocycles. The van der Waals surface area contributed by atoms with Gasteiger partial charge in [0.05, 0.1) is 0 Å². The molecule has 0 saturated heterocycles. The summed E-state index contributed by atoms with van der Waals surface area (Å²) in [5.74, 6) is 1.59. The molecular formula is C8H17Li. The van der Waals surface area contributed by atoms with Crippen molar-refractivity contribution in [1.82, 2.24) is 0 Å². The molecule has 1 heteroatoms. The van der Waals surface area contributed by atoms with Crippen LogP contribution in [0.15, 0.2) is 0 Å². The van der Waals surface area contributed by atoms with Gasteiger partial charge in [0.25, 0.3) is 0 Å². The van der Waals surface area contributed by atoms with Gasteiger partial charge in [-0.25, -0.2) is 0 Å². The van der Waals surface area contributed by atoms with E-state index in [0.717, 1.165) is 11.8 Å². The van der Waals surface area contributed by atoms with Crippen LogP contribution in [0.3, 0.4) is 0 Å². The number of hydrogen-bond acceptors (Lipinski definition) is 0. The Morgan fingerprint density at radius 1 is 1.11 bits per heavy atom. The molecule has 0 atom stereocenters. The van der Waals surface area contributed by atoms with Crippen molar-refractivity contribution in [2.24, 2.45) is 11.8 Å². The van der Waals surface area contributed by atoms with Gasteiger partial charge < -0.3 is 6.42 Å². The molecule has 0 aliphatic carbocycles. The molecule has 0 aliphatic rings. The number of hydrogen-bond donors (Lipinski definition) is 0. The average Bonchev–Trinajstić information content (AvgIpc) is 1.61. The maximum Gasteiger partial charge on any atom is 1.00 e. The van der Waals surface area contributed by atoms with Gasteiger partial charge in [0, 0.05) is 0 Å². The molecule has 0 N–H and O–H groups in total. The molecular weight excluding hydrogens is 103 g/mol. The monoisotopic (exact) mass is 120 g/mol. The van der Waals surface area contributed by atoms with Crippen molar-refractivity contribution in [2.45, 2.75) is 34.1 Å². The van der Waals surface area contributed by atoms with Crippen molar-refractivity contribution in [1.29, 1.82) is 0 Å². The van der Waals surface area contributed by atoms with Crippen LogP contribution < -0.4 is 18.9 Å². The summed E-state index contributed by atoms with van der Waals surface area (Å²) in [5.41, 5.74) is 0. The molecule has 0 heterocycles. The van der Waals surface area contributed by atoms with Gasteiger partial charge in [-0.3, -0.25) is 0 Å². The molecule has 0 unspecified atom stereocenters. The second-order valence-electron chi connectivity index (χ2n) is 3.11. The van der Waals surface area contributed by atoms with E-state index in [9.17, 15) is 0 Å². The first-order chi connectivity index (χ1) is 3.63. The Kier molecular flexibility index (Phi) is 9.17. The molecule has 0 bridgehead atoms. The van der Waals surface area contributed by atoms with Crippen molar-refractivity contribution in [3.8, 4) is 0 Å². The minimum absolute atomic E-state index is 0. The van der Waals surface area contributed by atoms with Gasteiger partial charge in [-0.05, 0) is 0 Å². The molecule has 50 valence electrons. The fourth-order valence-corrected chi connectivity index (χ4v) is 0.544. The second kappa shape index (κ2) is 6.71. The van der Waals surface area contributed by atoms with Gasteiger partial charge in [0.1, 0.15) is 0 Å². The molecule has 0 aromatic heterocycles. The van der Waals surface area contributed by atoms with Gasteiger partial charge in [0.15, 0.2) is 0 Å². The van der Waals surface area contributed by atoms with Crippen LogP contribution in [0.2, 0.25) is 0 Å². The van der Waals surface area contributed by atoms with Crippen LogP contribution >= 0.6 is 0 Å². The zero-order valence-corrected chi connectivity index (χ0v) is 7.44. The quantitative estimate of drug-likeness (QED) is 0.360. The summed E-state index contributed by atoms with van der Waals surface area (Å²) >= 11 is 0. The smallest absolute Gasteiger partial charge is 0.326 e. The summed E-state index contributed by atoms with van der Waals surface area (Å²) in [5, 5.41) is 0. The predicted octanol–water partition coefficient (Wildman–Crippen LogP) is -0.103. The zero-order valence-electron chi connectivity index (χ0n) is 7.44. The van der Waals surface area contributed by atoms with Gasteiger partial charge >= 0.3 is 18.9 Å². The number of rotatable bonds is 3. The first kappa shape index (κ1) is 12.3. The molecule has 0 fully saturated rings. The zero-order chi connectivity index (χ0) is 6.57. The van der Waals surface area contributed by atoms with E-state index < -0.39 is 0 Å². The topological polar surface area (TPSA) is 0 Å². The third kappa shape index (κ3) is 11.9. The SMILES string of the molecule is CC(C)[CH-]CC(C)C.[Li+]. The molecule has 0 aromatic carbocycles. The Morgan fingerprint density at radius 3 is 1.67 bits per heavy atom. The molecule has 0 nitrogen and oxygen atoms in total. The van der Waals surface area contributed by atoms with E-state index in [4.69, 9.17) is 0 Å². The van der Waals surface area contributed by atoms with Crippen LogP contribution in [-0.2, 0) is 0 Å². The first-order valence-corrected chi connectivity index (χ1v) is 3.46. The Hall–Kier alpha value is 0.597. The second-order valence-corrected chi connectivity index (χ2v) is 3.11. The van der Waals surface area contributed by atoms with Crippen molar-refractivity contribution < 1.29 is 18.9 Å². The predicted molar refractivity (Wildman–Crippen MR) is 38.6 cm³/mol. The molecule has 9 heavy (non-hydrogen) atoms. The third-order valence-electron chi connectivity index (χ3n) is 1.08. The fraction of sp³-hybridized carbons (Fsp3) is 0.875. The largest absolute Gasteiger partial charge is 1.00 e. The maximum absolute atomic E-state index is 2.37. The van der Waals surface area contributed by atoms with Crippen molar-refractivity contribution in [3.63, 3.8) is 0 Å². The normalized spacial score (nSPS) is 10.0. The van der Waals surface area contributed by atoms with E-state index in [1.54, 1.807) is 0 Å². The van der Waals surface area contributed by atoms with Gasteiger partial charge in [0.2, 0.25) is 0 Å².